The van der Waals surface area contributed by atoms with Crippen LogP contribution in [-0.4, -0.2) is 37.7 Å². The van der Waals surface area contributed by atoms with Crippen LogP contribution in [0, 0.1) is 5.92 Å². The molecule has 33 heavy (non-hydrogen) atoms. The van der Waals surface area contributed by atoms with Gasteiger partial charge in [-0.15, -0.1) is 0 Å². The summed E-state index contributed by atoms with van der Waals surface area (Å²) in [5.74, 6) is 1.91. The average Bonchev–Trinajstić information content (AvgIpc) is 3.16. The molecule has 0 radical (unpaired) electrons. The summed E-state index contributed by atoms with van der Waals surface area (Å²) in [5, 5.41) is 17.3. The molecule has 3 heterocycles. The molecule has 1 atom stereocenters. The van der Waals surface area contributed by atoms with Crippen molar-refractivity contribution < 1.29 is 5.11 Å². The van der Waals surface area contributed by atoms with E-state index >= 15 is 0 Å². The van der Waals surface area contributed by atoms with Gasteiger partial charge in [0.15, 0.2) is 5.65 Å². The van der Waals surface area contributed by atoms with Gasteiger partial charge in [0, 0.05) is 13.1 Å². The van der Waals surface area contributed by atoms with Gasteiger partial charge in [0.2, 0.25) is 5.95 Å². The molecule has 0 unspecified atom stereocenters. The SMILES string of the molecule is Oc1ccc(CNc2ncc3nc(-c4c(Cl)cccc4Cl)n(C[C@@H]4CCCNC4)c3n2)cc1. The number of aromatic nitrogens is 4. The van der Waals surface area contributed by atoms with E-state index in [4.69, 9.17) is 33.2 Å². The average molecular weight is 483 g/mol. The van der Waals surface area contributed by atoms with Gasteiger partial charge in [-0.2, -0.15) is 4.98 Å². The summed E-state index contributed by atoms with van der Waals surface area (Å²) < 4.78 is 2.12. The zero-order valence-electron chi connectivity index (χ0n) is 17.9. The van der Waals surface area contributed by atoms with Gasteiger partial charge in [-0.05, 0) is 61.7 Å². The highest BCUT2D eigenvalue weighted by molar-refractivity contribution is 6.39. The molecule has 2 aromatic carbocycles. The molecule has 0 aliphatic carbocycles. The molecule has 170 valence electrons. The number of hydrogen-bond acceptors (Lipinski definition) is 6. The van der Waals surface area contributed by atoms with Crippen molar-refractivity contribution in [1.29, 1.82) is 0 Å². The second kappa shape index (κ2) is 9.55. The molecule has 5 rings (SSSR count). The van der Waals surface area contributed by atoms with Crippen LogP contribution in [0.4, 0.5) is 5.95 Å². The minimum atomic E-state index is 0.239. The Morgan fingerprint density at radius 3 is 2.61 bits per heavy atom. The number of halogens is 2. The van der Waals surface area contributed by atoms with E-state index < -0.39 is 0 Å². The highest BCUT2D eigenvalue weighted by Gasteiger charge is 2.23. The Labute approximate surface area is 201 Å². The van der Waals surface area contributed by atoms with Crippen LogP contribution >= 0.6 is 23.2 Å². The first-order chi connectivity index (χ1) is 16.1. The number of nitrogens with zero attached hydrogens (tertiary/aromatic N) is 4. The normalized spacial score (nSPS) is 16.2. The first kappa shape index (κ1) is 21.9. The van der Waals surface area contributed by atoms with Crippen LogP contribution in [0.2, 0.25) is 10.0 Å². The summed E-state index contributed by atoms with van der Waals surface area (Å²) in [5.41, 5.74) is 3.16. The molecule has 1 aliphatic rings. The van der Waals surface area contributed by atoms with Gasteiger partial charge in [-0.25, -0.2) is 9.97 Å². The quantitative estimate of drug-likeness (QED) is 0.353. The number of rotatable bonds is 6. The van der Waals surface area contributed by atoms with Crippen molar-refractivity contribution in [2.75, 3.05) is 18.4 Å². The summed E-state index contributed by atoms with van der Waals surface area (Å²) in [7, 11) is 0. The number of phenolic OH excluding ortho intramolecular Hbond substituents is 1. The number of piperidine rings is 1. The second-order valence-corrected chi connectivity index (χ2v) is 9.09. The molecule has 9 heteroatoms. The highest BCUT2D eigenvalue weighted by Crippen LogP contribution is 2.36. The van der Waals surface area contributed by atoms with E-state index in [0.29, 0.717) is 45.4 Å². The lowest BCUT2D eigenvalue weighted by molar-refractivity contribution is 0.341. The molecule has 0 amide bonds. The van der Waals surface area contributed by atoms with E-state index in [0.717, 1.165) is 43.7 Å². The van der Waals surface area contributed by atoms with Crippen LogP contribution in [0.5, 0.6) is 5.75 Å². The number of imidazole rings is 1. The monoisotopic (exact) mass is 482 g/mol. The molecular weight excluding hydrogens is 459 g/mol. The Kier molecular flexibility index (Phi) is 6.35. The maximum atomic E-state index is 9.48. The number of hydrogen-bond donors (Lipinski definition) is 3. The van der Waals surface area contributed by atoms with Crippen molar-refractivity contribution in [2.45, 2.75) is 25.9 Å². The van der Waals surface area contributed by atoms with Crippen molar-refractivity contribution in [3.05, 3.63) is 64.3 Å². The lowest BCUT2D eigenvalue weighted by Crippen LogP contribution is -2.32. The van der Waals surface area contributed by atoms with E-state index in [1.165, 1.54) is 0 Å². The Bertz CT molecular complexity index is 1250. The lowest BCUT2D eigenvalue weighted by Gasteiger charge is -2.24. The lowest BCUT2D eigenvalue weighted by atomic mass is 9.99. The third-order valence-electron chi connectivity index (χ3n) is 5.90. The molecule has 0 spiro atoms. The molecule has 3 N–H and O–H groups in total. The topological polar surface area (TPSA) is 87.9 Å². The molecule has 2 aromatic heterocycles. The van der Waals surface area contributed by atoms with Gasteiger partial charge in [-0.3, -0.25) is 0 Å². The fourth-order valence-corrected chi connectivity index (χ4v) is 4.78. The Morgan fingerprint density at radius 1 is 1.09 bits per heavy atom. The van der Waals surface area contributed by atoms with Crippen LogP contribution in [0.25, 0.3) is 22.6 Å². The number of benzene rings is 2. The predicted molar refractivity (Wildman–Crippen MR) is 132 cm³/mol. The highest BCUT2D eigenvalue weighted by atomic mass is 35.5. The molecular formula is C24H24Cl2N6O. The number of nitrogens with one attached hydrogen (secondary N) is 2. The minimum absolute atomic E-state index is 0.239. The fraction of sp³-hybridized carbons (Fsp3) is 0.292. The van der Waals surface area contributed by atoms with Gasteiger partial charge < -0.3 is 20.3 Å². The Balaban J connectivity index is 1.53. The predicted octanol–water partition coefficient (Wildman–Crippen LogP) is 5.12. The van der Waals surface area contributed by atoms with E-state index in [1.807, 2.05) is 30.3 Å². The maximum Gasteiger partial charge on any atom is 0.225 e. The number of aromatic hydroxyl groups is 1. The Hall–Kier alpha value is -2.87. The molecule has 4 aromatic rings. The zero-order valence-corrected chi connectivity index (χ0v) is 19.4. The third kappa shape index (κ3) is 4.76. The third-order valence-corrected chi connectivity index (χ3v) is 6.53. The van der Waals surface area contributed by atoms with Crippen LogP contribution in [0.15, 0.2) is 48.7 Å². The molecule has 1 saturated heterocycles. The van der Waals surface area contributed by atoms with E-state index in [2.05, 4.69) is 20.2 Å². The summed E-state index contributed by atoms with van der Waals surface area (Å²) >= 11 is 13.1. The van der Waals surface area contributed by atoms with Gasteiger partial charge in [0.1, 0.15) is 17.1 Å². The smallest absolute Gasteiger partial charge is 0.225 e. The van der Waals surface area contributed by atoms with Crippen LogP contribution in [0.1, 0.15) is 18.4 Å². The minimum Gasteiger partial charge on any atom is -0.508 e. The molecule has 0 saturated carbocycles. The zero-order chi connectivity index (χ0) is 22.8. The van der Waals surface area contributed by atoms with E-state index in [9.17, 15) is 5.11 Å². The van der Waals surface area contributed by atoms with Gasteiger partial charge in [0.05, 0.1) is 21.8 Å². The van der Waals surface area contributed by atoms with Crippen molar-refractivity contribution in [2.24, 2.45) is 5.92 Å². The summed E-state index contributed by atoms with van der Waals surface area (Å²) in [6.07, 6.45) is 4.01. The summed E-state index contributed by atoms with van der Waals surface area (Å²) in [4.78, 5) is 14.1. The van der Waals surface area contributed by atoms with Crippen LogP contribution in [-0.2, 0) is 13.1 Å². The van der Waals surface area contributed by atoms with Crippen molar-refractivity contribution in [1.82, 2.24) is 24.8 Å². The van der Waals surface area contributed by atoms with E-state index in [-0.39, 0.29) is 5.75 Å². The number of phenols is 1. The number of anilines is 1. The van der Waals surface area contributed by atoms with Gasteiger partial charge >= 0.3 is 0 Å². The van der Waals surface area contributed by atoms with Crippen molar-refractivity contribution >= 4 is 40.3 Å². The van der Waals surface area contributed by atoms with Crippen LogP contribution < -0.4 is 10.6 Å². The molecule has 7 nitrogen and oxygen atoms in total. The maximum absolute atomic E-state index is 9.48. The molecule has 1 fully saturated rings. The first-order valence-electron chi connectivity index (χ1n) is 11.0. The van der Waals surface area contributed by atoms with Crippen LogP contribution in [0.3, 0.4) is 0 Å². The fourth-order valence-electron chi connectivity index (χ4n) is 4.21. The summed E-state index contributed by atoms with van der Waals surface area (Å²) in [6.45, 7) is 3.30. The standard InChI is InChI=1S/C24H24Cl2N6O/c25-18-4-1-5-19(26)21(18)23-30-20-13-29-24(28-12-15-6-8-17(33)9-7-15)31-22(20)32(23)14-16-3-2-10-27-11-16/h1,4-9,13,16,27,33H,2-3,10-12,14H2,(H,28,29,31)/t16-/m1/s1. The van der Waals surface area contributed by atoms with E-state index in [1.54, 1.807) is 18.3 Å². The van der Waals surface area contributed by atoms with Crippen molar-refractivity contribution in [3.8, 4) is 17.1 Å². The second-order valence-electron chi connectivity index (χ2n) is 8.28. The van der Waals surface area contributed by atoms with Gasteiger partial charge in [0.25, 0.3) is 0 Å². The van der Waals surface area contributed by atoms with Gasteiger partial charge in [-0.1, -0.05) is 41.4 Å². The number of fused-ring (bicyclic) bond motifs is 1. The molecule has 1 aliphatic heterocycles. The van der Waals surface area contributed by atoms with Crippen molar-refractivity contribution in [3.63, 3.8) is 0 Å². The molecule has 0 bridgehead atoms. The largest absolute Gasteiger partial charge is 0.508 e. The summed E-state index contributed by atoms with van der Waals surface area (Å²) in [6, 6.07) is 12.5. The Morgan fingerprint density at radius 2 is 1.88 bits per heavy atom. The first-order valence-corrected chi connectivity index (χ1v) is 11.7.